The van der Waals surface area contributed by atoms with E-state index in [1.165, 1.54) is 6.20 Å². The molecule has 0 bridgehead atoms. The Bertz CT molecular complexity index is 1340. The quantitative estimate of drug-likeness (QED) is 0.484. The number of aromatic nitrogens is 2. The van der Waals surface area contributed by atoms with E-state index in [4.69, 9.17) is 14.2 Å². The minimum absolute atomic E-state index is 0.0544. The molecule has 0 atom stereocenters. The maximum Gasteiger partial charge on any atom is 0.410 e. The van der Waals surface area contributed by atoms with Crippen molar-refractivity contribution in [3.8, 4) is 11.5 Å². The van der Waals surface area contributed by atoms with Crippen LogP contribution in [-0.4, -0.2) is 69.9 Å². The number of piperidine rings is 1. The van der Waals surface area contributed by atoms with E-state index in [9.17, 15) is 9.59 Å². The molecular formula is C29H36N4O5. The van der Waals surface area contributed by atoms with Gasteiger partial charge in [-0.2, -0.15) is 0 Å². The number of benzene rings is 2. The second-order valence-corrected chi connectivity index (χ2v) is 10.9. The van der Waals surface area contributed by atoms with E-state index in [1.54, 1.807) is 4.57 Å². The number of carbonyl (C=O) groups is 1. The van der Waals surface area contributed by atoms with Crippen molar-refractivity contribution in [1.29, 1.82) is 0 Å². The monoisotopic (exact) mass is 520 g/mol. The molecule has 9 nitrogen and oxygen atoms in total. The van der Waals surface area contributed by atoms with Crippen molar-refractivity contribution in [1.82, 2.24) is 19.4 Å². The Labute approximate surface area is 222 Å². The van der Waals surface area contributed by atoms with Crippen LogP contribution in [0, 0.1) is 0 Å². The average Bonchev–Trinajstić information content (AvgIpc) is 2.90. The summed E-state index contributed by atoms with van der Waals surface area (Å²) in [5.41, 5.74) is 1.98. The smallest absolute Gasteiger partial charge is 0.410 e. The third kappa shape index (κ3) is 6.10. The molecule has 1 saturated heterocycles. The van der Waals surface area contributed by atoms with Gasteiger partial charge in [0.1, 0.15) is 18.8 Å². The van der Waals surface area contributed by atoms with Gasteiger partial charge in [-0.25, -0.2) is 9.78 Å². The second kappa shape index (κ2) is 11.0. The van der Waals surface area contributed by atoms with Crippen LogP contribution >= 0.6 is 0 Å². The van der Waals surface area contributed by atoms with E-state index in [1.807, 2.05) is 68.1 Å². The maximum absolute atomic E-state index is 13.3. The Balaban J connectivity index is 1.25. The van der Waals surface area contributed by atoms with Crippen LogP contribution in [0.25, 0.3) is 11.0 Å². The fraction of sp³-hybridized carbons (Fsp3) is 0.483. The minimum atomic E-state index is -0.580. The molecule has 2 aromatic carbocycles. The standard InChI is InChI=1S/C29H36N4O5/c1-29(2,3)38-28(35)33(20-21-8-9-25-26(18-21)37-17-16-36-25)22-10-12-31(13-11-22)14-15-32-24-7-5-4-6-23(24)30-19-27(32)34/h4-9,18-19,22H,10-17,20H2,1-3H3. The van der Waals surface area contributed by atoms with Crippen LogP contribution in [0.1, 0.15) is 39.2 Å². The van der Waals surface area contributed by atoms with E-state index >= 15 is 0 Å². The molecule has 1 aromatic heterocycles. The normalized spacial score (nSPS) is 16.4. The van der Waals surface area contributed by atoms with Crippen molar-refractivity contribution < 1.29 is 19.0 Å². The summed E-state index contributed by atoms with van der Waals surface area (Å²) < 4.78 is 19.0. The minimum Gasteiger partial charge on any atom is -0.486 e. The molecule has 38 heavy (non-hydrogen) atoms. The highest BCUT2D eigenvalue weighted by Gasteiger charge is 2.31. The summed E-state index contributed by atoms with van der Waals surface area (Å²) in [5, 5.41) is 0. The molecule has 1 fully saturated rings. The molecule has 0 saturated carbocycles. The Morgan fingerprint density at radius 1 is 1.05 bits per heavy atom. The highest BCUT2D eigenvalue weighted by molar-refractivity contribution is 5.74. The van der Waals surface area contributed by atoms with Gasteiger partial charge in [0.25, 0.3) is 5.56 Å². The predicted octanol–water partition coefficient (Wildman–Crippen LogP) is 4.07. The third-order valence-corrected chi connectivity index (χ3v) is 6.98. The lowest BCUT2D eigenvalue weighted by Crippen LogP contribution is -2.49. The molecule has 5 rings (SSSR count). The summed E-state index contributed by atoms with van der Waals surface area (Å²) in [6, 6.07) is 13.6. The Morgan fingerprint density at radius 2 is 1.79 bits per heavy atom. The molecule has 3 heterocycles. The SMILES string of the molecule is CC(C)(C)OC(=O)N(Cc1ccc2c(c1)OCCO2)C1CCN(CCn2c(=O)cnc3ccccc32)CC1. The molecular weight excluding hydrogens is 484 g/mol. The molecule has 0 radical (unpaired) electrons. The van der Waals surface area contributed by atoms with Crippen LogP contribution in [0.15, 0.2) is 53.5 Å². The average molecular weight is 521 g/mol. The van der Waals surface area contributed by atoms with Crippen molar-refractivity contribution in [2.75, 3.05) is 32.8 Å². The van der Waals surface area contributed by atoms with Gasteiger partial charge in [0.2, 0.25) is 0 Å². The Hall–Kier alpha value is -3.59. The first-order valence-electron chi connectivity index (χ1n) is 13.3. The van der Waals surface area contributed by atoms with Gasteiger partial charge in [-0.05, 0) is 63.4 Å². The Kier molecular flexibility index (Phi) is 7.56. The van der Waals surface area contributed by atoms with E-state index in [0.29, 0.717) is 32.1 Å². The van der Waals surface area contributed by atoms with Gasteiger partial charge in [-0.3, -0.25) is 4.79 Å². The second-order valence-electron chi connectivity index (χ2n) is 10.9. The highest BCUT2D eigenvalue weighted by atomic mass is 16.6. The largest absolute Gasteiger partial charge is 0.486 e. The number of hydrogen-bond donors (Lipinski definition) is 0. The van der Waals surface area contributed by atoms with Gasteiger partial charge in [0.05, 0.1) is 17.2 Å². The maximum atomic E-state index is 13.3. The van der Waals surface area contributed by atoms with Crippen molar-refractivity contribution in [2.24, 2.45) is 0 Å². The van der Waals surface area contributed by atoms with Crippen LogP contribution in [0.3, 0.4) is 0 Å². The zero-order chi connectivity index (χ0) is 26.7. The van der Waals surface area contributed by atoms with E-state index in [0.717, 1.165) is 54.8 Å². The number of ether oxygens (including phenoxy) is 3. The number of fused-ring (bicyclic) bond motifs is 2. The first-order chi connectivity index (χ1) is 18.3. The summed E-state index contributed by atoms with van der Waals surface area (Å²) in [4.78, 5) is 34.3. The van der Waals surface area contributed by atoms with Crippen LogP contribution in [0.4, 0.5) is 4.79 Å². The van der Waals surface area contributed by atoms with Gasteiger partial charge in [-0.15, -0.1) is 0 Å². The van der Waals surface area contributed by atoms with Crippen LogP contribution in [0.5, 0.6) is 11.5 Å². The molecule has 0 aliphatic carbocycles. The third-order valence-electron chi connectivity index (χ3n) is 6.98. The van der Waals surface area contributed by atoms with Crippen molar-refractivity contribution in [3.63, 3.8) is 0 Å². The van der Waals surface area contributed by atoms with Crippen LogP contribution in [0.2, 0.25) is 0 Å². The number of para-hydroxylation sites is 2. The molecule has 0 N–H and O–H groups in total. The van der Waals surface area contributed by atoms with E-state index in [-0.39, 0.29) is 17.7 Å². The molecule has 202 valence electrons. The number of rotatable bonds is 6. The van der Waals surface area contributed by atoms with Gasteiger partial charge in [0.15, 0.2) is 11.5 Å². The molecule has 2 aliphatic rings. The topological polar surface area (TPSA) is 86.1 Å². The number of nitrogens with zero attached hydrogens (tertiary/aromatic N) is 4. The van der Waals surface area contributed by atoms with E-state index in [2.05, 4.69) is 9.88 Å². The summed E-state index contributed by atoms with van der Waals surface area (Å²) in [6.07, 6.45) is 2.75. The first-order valence-corrected chi connectivity index (χ1v) is 13.3. The molecule has 9 heteroatoms. The molecule has 1 amide bonds. The summed E-state index contributed by atoms with van der Waals surface area (Å²) >= 11 is 0. The van der Waals surface area contributed by atoms with Crippen molar-refractivity contribution >= 4 is 17.1 Å². The lowest BCUT2D eigenvalue weighted by Gasteiger charge is -2.39. The Morgan fingerprint density at radius 3 is 2.55 bits per heavy atom. The molecule has 0 spiro atoms. The fourth-order valence-electron chi connectivity index (χ4n) is 5.09. The number of likely N-dealkylation sites (tertiary alicyclic amines) is 1. The van der Waals surface area contributed by atoms with Crippen molar-refractivity contribution in [3.05, 3.63) is 64.6 Å². The zero-order valence-electron chi connectivity index (χ0n) is 22.4. The van der Waals surface area contributed by atoms with Crippen molar-refractivity contribution in [2.45, 2.75) is 58.3 Å². The van der Waals surface area contributed by atoms with Gasteiger partial charge < -0.3 is 28.6 Å². The lowest BCUT2D eigenvalue weighted by atomic mass is 10.0. The summed E-state index contributed by atoms with van der Waals surface area (Å²) in [7, 11) is 0. The van der Waals surface area contributed by atoms with Gasteiger partial charge in [-0.1, -0.05) is 18.2 Å². The zero-order valence-corrected chi connectivity index (χ0v) is 22.4. The molecule has 2 aliphatic heterocycles. The van der Waals surface area contributed by atoms with Crippen LogP contribution in [-0.2, 0) is 17.8 Å². The molecule has 0 unspecified atom stereocenters. The summed E-state index contributed by atoms with van der Waals surface area (Å²) in [6.45, 7) is 10.2. The molecule has 3 aromatic rings. The fourth-order valence-corrected chi connectivity index (χ4v) is 5.09. The first kappa shape index (κ1) is 26.0. The summed E-state index contributed by atoms with van der Waals surface area (Å²) in [5.74, 6) is 1.45. The van der Waals surface area contributed by atoms with Crippen LogP contribution < -0.4 is 15.0 Å². The number of hydrogen-bond acceptors (Lipinski definition) is 7. The highest BCUT2D eigenvalue weighted by Crippen LogP contribution is 2.32. The number of carbonyl (C=O) groups excluding carboxylic acids is 1. The lowest BCUT2D eigenvalue weighted by molar-refractivity contribution is 0.00562. The van der Waals surface area contributed by atoms with Gasteiger partial charge >= 0.3 is 6.09 Å². The van der Waals surface area contributed by atoms with Gasteiger partial charge in [0, 0.05) is 38.8 Å². The number of amides is 1. The predicted molar refractivity (Wildman–Crippen MR) is 145 cm³/mol. The van der Waals surface area contributed by atoms with E-state index < -0.39 is 5.60 Å².